The van der Waals surface area contributed by atoms with Crippen LogP contribution in [-0.2, 0) is 9.59 Å². The second-order valence-electron chi connectivity index (χ2n) is 8.61. The van der Waals surface area contributed by atoms with E-state index in [0.717, 1.165) is 51.7 Å². The standard InChI is InChI=1S/C20H36N4O2.2ClH/c1-2-8-22-18(25)13-24-9-6-17(7-10-24)23-20(26)16-11-14-4-3-5-15(12-16)19(14)21;;/h14-17,19H,2-13,21H2,1H3,(H,22,25)(H,23,26);2*1H. The molecule has 2 saturated carbocycles. The number of amides is 2. The number of hydrogen-bond acceptors (Lipinski definition) is 4. The molecular weight excluding hydrogens is 399 g/mol. The fourth-order valence-electron chi connectivity index (χ4n) is 5.08. The molecule has 0 aromatic heterocycles. The number of carbonyl (C=O) groups is 2. The first-order valence-electron chi connectivity index (χ1n) is 10.6. The molecule has 2 aliphatic carbocycles. The van der Waals surface area contributed by atoms with Crippen LogP contribution in [0.15, 0.2) is 0 Å². The molecule has 0 aromatic rings. The van der Waals surface area contributed by atoms with Gasteiger partial charge in [-0.25, -0.2) is 0 Å². The van der Waals surface area contributed by atoms with Gasteiger partial charge in [-0.2, -0.15) is 0 Å². The number of carbonyl (C=O) groups excluding carboxylic acids is 2. The zero-order valence-corrected chi connectivity index (χ0v) is 18.7. The predicted octanol–water partition coefficient (Wildman–Crippen LogP) is 2.09. The number of nitrogens with one attached hydrogen (secondary N) is 2. The Labute approximate surface area is 181 Å². The largest absolute Gasteiger partial charge is 0.355 e. The van der Waals surface area contributed by atoms with E-state index in [0.29, 0.717) is 24.4 Å². The van der Waals surface area contributed by atoms with Crippen LogP contribution in [0.3, 0.4) is 0 Å². The third-order valence-corrected chi connectivity index (χ3v) is 6.66. The number of hydrogen-bond donors (Lipinski definition) is 3. The number of piperidine rings is 1. The van der Waals surface area contributed by atoms with E-state index in [1.807, 2.05) is 0 Å². The summed E-state index contributed by atoms with van der Waals surface area (Å²) in [6.45, 7) is 5.04. The summed E-state index contributed by atoms with van der Waals surface area (Å²) in [5.41, 5.74) is 6.35. The second-order valence-corrected chi connectivity index (χ2v) is 8.61. The first-order valence-corrected chi connectivity index (χ1v) is 10.6. The summed E-state index contributed by atoms with van der Waals surface area (Å²) in [6.07, 6.45) is 8.45. The van der Waals surface area contributed by atoms with Crippen molar-refractivity contribution >= 4 is 36.6 Å². The van der Waals surface area contributed by atoms with Crippen LogP contribution in [-0.4, -0.2) is 55.0 Å². The Hall–Kier alpha value is -0.560. The van der Waals surface area contributed by atoms with Gasteiger partial charge >= 0.3 is 0 Å². The highest BCUT2D eigenvalue weighted by Crippen LogP contribution is 2.41. The Morgan fingerprint density at radius 3 is 2.21 bits per heavy atom. The lowest BCUT2D eigenvalue weighted by Crippen LogP contribution is -2.52. The lowest BCUT2D eigenvalue weighted by molar-refractivity contribution is -0.129. The van der Waals surface area contributed by atoms with Gasteiger partial charge in [-0.05, 0) is 56.8 Å². The monoisotopic (exact) mass is 436 g/mol. The van der Waals surface area contributed by atoms with Crippen molar-refractivity contribution in [1.82, 2.24) is 15.5 Å². The van der Waals surface area contributed by atoms with Gasteiger partial charge in [-0.1, -0.05) is 13.3 Å². The van der Waals surface area contributed by atoms with Crippen molar-refractivity contribution in [1.29, 1.82) is 0 Å². The van der Waals surface area contributed by atoms with Gasteiger partial charge in [0.1, 0.15) is 0 Å². The molecule has 2 unspecified atom stereocenters. The molecule has 2 atom stereocenters. The van der Waals surface area contributed by atoms with Gasteiger partial charge in [0.25, 0.3) is 0 Å². The van der Waals surface area contributed by atoms with Crippen LogP contribution in [0.5, 0.6) is 0 Å². The molecule has 0 radical (unpaired) electrons. The first-order chi connectivity index (χ1) is 12.6. The fraction of sp³-hybridized carbons (Fsp3) is 0.900. The van der Waals surface area contributed by atoms with Crippen LogP contribution in [0, 0.1) is 17.8 Å². The average molecular weight is 437 g/mol. The second kappa shape index (κ2) is 12.2. The minimum Gasteiger partial charge on any atom is -0.355 e. The molecular formula is C20H38Cl2N4O2. The summed E-state index contributed by atoms with van der Waals surface area (Å²) in [6, 6.07) is 0.572. The van der Waals surface area contributed by atoms with Crippen molar-refractivity contribution < 1.29 is 9.59 Å². The van der Waals surface area contributed by atoms with Crippen molar-refractivity contribution in [2.75, 3.05) is 26.2 Å². The van der Waals surface area contributed by atoms with Gasteiger partial charge in [0.15, 0.2) is 0 Å². The SMILES string of the molecule is CCCNC(=O)CN1CCC(NC(=O)C2CC3CCCC(C2)C3N)CC1.Cl.Cl. The molecule has 0 aromatic carbocycles. The minimum absolute atomic E-state index is 0. The molecule has 3 aliphatic rings. The highest BCUT2D eigenvalue weighted by molar-refractivity contribution is 5.85. The molecule has 2 bridgehead atoms. The van der Waals surface area contributed by atoms with E-state index in [1.165, 1.54) is 19.3 Å². The van der Waals surface area contributed by atoms with Crippen molar-refractivity contribution in [3.05, 3.63) is 0 Å². The predicted molar refractivity (Wildman–Crippen MR) is 117 cm³/mol. The van der Waals surface area contributed by atoms with Crippen molar-refractivity contribution in [2.24, 2.45) is 23.5 Å². The van der Waals surface area contributed by atoms with Gasteiger partial charge in [-0.15, -0.1) is 24.8 Å². The molecule has 164 valence electrons. The molecule has 2 amide bonds. The fourth-order valence-corrected chi connectivity index (χ4v) is 5.08. The van der Waals surface area contributed by atoms with E-state index in [1.54, 1.807) is 0 Å². The van der Waals surface area contributed by atoms with Crippen molar-refractivity contribution in [2.45, 2.75) is 70.4 Å². The lowest BCUT2D eigenvalue weighted by Gasteiger charge is -2.44. The number of fused-ring (bicyclic) bond motifs is 2. The molecule has 1 saturated heterocycles. The van der Waals surface area contributed by atoms with E-state index in [9.17, 15) is 9.59 Å². The van der Waals surface area contributed by atoms with E-state index in [-0.39, 0.29) is 48.6 Å². The first kappa shape index (κ1) is 25.5. The van der Waals surface area contributed by atoms with Crippen LogP contribution in [0.25, 0.3) is 0 Å². The maximum absolute atomic E-state index is 12.8. The Balaban J connectivity index is 0.00000196. The number of rotatable bonds is 6. The number of halogens is 2. The molecule has 0 spiro atoms. The molecule has 3 rings (SSSR count). The minimum atomic E-state index is 0. The zero-order valence-electron chi connectivity index (χ0n) is 17.0. The van der Waals surface area contributed by atoms with Crippen molar-refractivity contribution in [3.8, 4) is 0 Å². The summed E-state index contributed by atoms with van der Waals surface area (Å²) in [5, 5.41) is 6.22. The third-order valence-electron chi connectivity index (χ3n) is 6.66. The highest BCUT2D eigenvalue weighted by Gasteiger charge is 2.40. The van der Waals surface area contributed by atoms with Crippen molar-refractivity contribution in [3.63, 3.8) is 0 Å². The summed E-state index contributed by atoms with van der Waals surface area (Å²) >= 11 is 0. The quantitative estimate of drug-likeness (QED) is 0.594. The van der Waals surface area contributed by atoms with Crippen LogP contribution < -0.4 is 16.4 Å². The Kier molecular flexibility index (Phi) is 11.1. The third kappa shape index (κ3) is 6.75. The molecule has 3 fully saturated rings. The van der Waals surface area contributed by atoms with Gasteiger partial charge in [0, 0.05) is 37.6 Å². The molecule has 8 heteroatoms. The van der Waals surface area contributed by atoms with E-state index < -0.39 is 0 Å². The van der Waals surface area contributed by atoms with Crippen LogP contribution in [0.4, 0.5) is 0 Å². The average Bonchev–Trinajstić information content (AvgIpc) is 2.61. The summed E-state index contributed by atoms with van der Waals surface area (Å²) < 4.78 is 0. The number of nitrogens with two attached hydrogens (primary N) is 1. The number of nitrogens with zero attached hydrogens (tertiary/aromatic N) is 1. The molecule has 6 nitrogen and oxygen atoms in total. The molecule has 1 aliphatic heterocycles. The summed E-state index contributed by atoms with van der Waals surface area (Å²) in [7, 11) is 0. The topological polar surface area (TPSA) is 87.5 Å². The maximum atomic E-state index is 12.8. The lowest BCUT2D eigenvalue weighted by atomic mass is 9.65. The number of likely N-dealkylation sites (tertiary alicyclic amines) is 1. The Morgan fingerprint density at radius 1 is 1.04 bits per heavy atom. The van der Waals surface area contributed by atoms with E-state index in [4.69, 9.17) is 5.73 Å². The summed E-state index contributed by atoms with van der Waals surface area (Å²) in [5.74, 6) is 1.60. The summed E-state index contributed by atoms with van der Waals surface area (Å²) in [4.78, 5) is 26.8. The molecule has 28 heavy (non-hydrogen) atoms. The van der Waals surface area contributed by atoms with Crippen LogP contribution in [0.1, 0.15) is 58.3 Å². The smallest absolute Gasteiger partial charge is 0.234 e. The van der Waals surface area contributed by atoms with Gasteiger partial charge in [-0.3, -0.25) is 14.5 Å². The van der Waals surface area contributed by atoms with E-state index in [2.05, 4.69) is 22.5 Å². The molecule has 1 heterocycles. The zero-order chi connectivity index (χ0) is 18.5. The Bertz CT molecular complexity index is 487. The van der Waals surface area contributed by atoms with Gasteiger partial charge in [0.05, 0.1) is 6.54 Å². The van der Waals surface area contributed by atoms with E-state index >= 15 is 0 Å². The van der Waals surface area contributed by atoms with Crippen LogP contribution >= 0.6 is 24.8 Å². The highest BCUT2D eigenvalue weighted by atomic mass is 35.5. The van der Waals surface area contributed by atoms with Gasteiger partial charge < -0.3 is 16.4 Å². The maximum Gasteiger partial charge on any atom is 0.234 e. The van der Waals surface area contributed by atoms with Crippen LogP contribution in [0.2, 0.25) is 0 Å². The normalized spacial score (nSPS) is 30.5. The molecule has 4 N–H and O–H groups in total. The van der Waals surface area contributed by atoms with Gasteiger partial charge in [0.2, 0.25) is 11.8 Å². The Morgan fingerprint density at radius 2 is 1.64 bits per heavy atom.